The number of fused-ring (bicyclic) bond motifs is 1. The van der Waals surface area contributed by atoms with Crippen molar-refractivity contribution in [2.24, 2.45) is 9.39 Å². The maximum Gasteiger partial charge on any atom is 0.283 e. The minimum Gasteiger partial charge on any atom is -0.318 e. The Morgan fingerprint density at radius 1 is 1.06 bits per heavy atom. The fraction of sp³-hybridized carbons (Fsp3) is 0.185. The number of carbonyl (C=O) groups excluding carboxylic acids is 1. The first-order valence-electron chi connectivity index (χ1n) is 11.3. The molecule has 3 heterocycles. The van der Waals surface area contributed by atoms with Crippen LogP contribution in [-0.2, 0) is 10.5 Å². The van der Waals surface area contributed by atoms with Crippen LogP contribution in [0.25, 0.3) is 11.8 Å². The second kappa shape index (κ2) is 9.36. The lowest BCUT2D eigenvalue weighted by Crippen LogP contribution is -2.41. The van der Waals surface area contributed by atoms with Crippen LogP contribution in [0.2, 0.25) is 0 Å². The van der Waals surface area contributed by atoms with Gasteiger partial charge in [-0.3, -0.25) is 10.2 Å². The zero-order chi connectivity index (χ0) is 24.7. The van der Waals surface area contributed by atoms with E-state index < -0.39 is 5.91 Å². The van der Waals surface area contributed by atoms with Crippen LogP contribution in [0.3, 0.4) is 0 Å². The van der Waals surface area contributed by atoms with Gasteiger partial charge in [0.05, 0.1) is 17.5 Å². The molecule has 5 rings (SSSR count). The molecule has 1 aromatic heterocycles. The fourth-order valence-electron chi connectivity index (χ4n) is 4.24. The van der Waals surface area contributed by atoms with Crippen molar-refractivity contribution in [2.75, 3.05) is 0 Å². The number of hydrogen-bond acceptors (Lipinski definition) is 5. The lowest BCUT2D eigenvalue weighted by atomic mass is 10.1. The minimum atomic E-state index is -0.408. The monoisotopic (exact) mass is 499 g/mol. The fourth-order valence-corrected chi connectivity index (χ4v) is 6.04. The quantitative estimate of drug-likeness (QED) is 0.342. The smallest absolute Gasteiger partial charge is 0.283 e. The van der Waals surface area contributed by atoms with Gasteiger partial charge >= 0.3 is 0 Å². The van der Waals surface area contributed by atoms with Crippen molar-refractivity contribution in [1.82, 2.24) is 9.47 Å². The van der Waals surface area contributed by atoms with Crippen LogP contribution < -0.4 is 0 Å². The third-order valence-electron chi connectivity index (χ3n) is 6.08. The van der Waals surface area contributed by atoms with Crippen molar-refractivity contribution < 1.29 is 4.79 Å². The van der Waals surface area contributed by atoms with Crippen LogP contribution in [0.1, 0.15) is 33.6 Å². The van der Waals surface area contributed by atoms with Crippen molar-refractivity contribution in [3.63, 3.8) is 0 Å². The number of hydrogen-bond donors (Lipinski definition) is 1. The van der Waals surface area contributed by atoms with Gasteiger partial charge in [-0.25, -0.2) is 4.90 Å². The van der Waals surface area contributed by atoms with E-state index >= 15 is 0 Å². The average Bonchev–Trinajstić information content (AvgIpc) is 3.37. The van der Waals surface area contributed by atoms with E-state index in [0.717, 1.165) is 40.3 Å². The Balaban J connectivity index is 1.46. The maximum atomic E-state index is 12.9. The van der Waals surface area contributed by atoms with Gasteiger partial charge in [0.2, 0.25) is 5.17 Å². The van der Waals surface area contributed by atoms with E-state index in [1.807, 2.05) is 25.1 Å². The van der Waals surface area contributed by atoms with E-state index in [4.69, 9.17) is 5.41 Å². The van der Waals surface area contributed by atoms with Crippen molar-refractivity contribution in [2.45, 2.75) is 33.4 Å². The number of amidine groups is 3. The Morgan fingerprint density at radius 2 is 1.83 bits per heavy atom. The molecule has 0 bridgehead atoms. The highest BCUT2D eigenvalue weighted by molar-refractivity contribution is 8.18. The number of thioether (sulfide) groups is 1. The van der Waals surface area contributed by atoms with E-state index in [9.17, 15) is 4.79 Å². The SMILES string of the molecule is Cc1ccc(C)c(-n2c(C)cc(C=C3C(=N)N4C(SCc5ccccc5)=NSC4=NC3=O)c2C)c1. The van der Waals surface area contributed by atoms with Crippen LogP contribution >= 0.6 is 23.7 Å². The molecule has 0 aliphatic carbocycles. The first-order chi connectivity index (χ1) is 16.8. The first-order valence-corrected chi connectivity index (χ1v) is 13.0. The van der Waals surface area contributed by atoms with Gasteiger partial charge in [0.15, 0.2) is 5.17 Å². The number of carbonyl (C=O) groups is 1. The molecule has 0 unspecified atom stereocenters. The molecule has 176 valence electrons. The van der Waals surface area contributed by atoms with Gasteiger partial charge in [-0.2, -0.15) is 9.39 Å². The van der Waals surface area contributed by atoms with Crippen molar-refractivity contribution in [3.8, 4) is 5.69 Å². The van der Waals surface area contributed by atoms with Crippen LogP contribution in [0, 0.1) is 33.1 Å². The van der Waals surface area contributed by atoms with E-state index in [2.05, 4.69) is 71.1 Å². The molecule has 1 amide bonds. The zero-order valence-electron chi connectivity index (χ0n) is 20.0. The summed E-state index contributed by atoms with van der Waals surface area (Å²) in [6.07, 6.45) is 1.79. The van der Waals surface area contributed by atoms with Crippen LogP contribution in [0.5, 0.6) is 0 Å². The van der Waals surface area contributed by atoms with Crippen LogP contribution in [0.4, 0.5) is 0 Å². The highest BCUT2D eigenvalue weighted by Crippen LogP contribution is 2.34. The predicted molar refractivity (Wildman–Crippen MR) is 147 cm³/mol. The van der Waals surface area contributed by atoms with E-state index in [1.165, 1.54) is 28.5 Å². The molecule has 8 heteroatoms. The van der Waals surface area contributed by atoms with Crippen molar-refractivity contribution in [3.05, 3.63) is 93.8 Å². The van der Waals surface area contributed by atoms with Crippen LogP contribution in [-0.4, -0.2) is 31.5 Å². The second-order valence-electron chi connectivity index (χ2n) is 8.63. The Bertz CT molecular complexity index is 1450. The van der Waals surface area contributed by atoms with Gasteiger partial charge in [0.1, 0.15) is 5.84 Å². The van der Waals surface area contributed by atoms with Gasteiger partial charge < -0.3 is 4.57 Å². The lowest BCUT2D eigenvalue weighted by molar-refractivity contribution is -0.114. The summed E-state index contributed by atoms with van der Waals surface area (Å²) in [5.41, 5.74) is 7.92. The zero-order valence-corrected chi connectivity index (χ0v) is 21.6. The molecular formula is C27H25N5OS2. The largest absolute Gasteiger partial charge is 0.318 e. The summed E-state index contributed by atoms with van der Waals surface area (Å²) < 4.78 is 6.69. The summed E-state index contributed by atoms with van der Waals surface area (Å²) in [5.74, 6) is 0.428. The number of benzene rings is 2. The molecule has 3 aromatic rings. The third kappa shape index (κ3) is 4.39. The number of amides is 1. The number of rotatable bonds is 4. The molecule has 2 aliphatic heterocycles. The van der Waals surface area contributed by atoms with E-state index in [1.54, 1.807) is 11.0 Å². The summed E-state index contributed by atoms with van der Waals surface area (Å²) >= 11 is 2.68. The van der Waals surface area contributed by atoms with Crippen molar-refractivity contribution in [1.29, 1.82) is 5.41 Å². The summed E-state index contributed by atoms with van der Waals surface area (Å²) in [4.78, 5) is 18.8. The summed E-state index contributed by atoms with van der Waals surface area (Å²) in [6, 6.07) is 18.6. The van der Waals surface area contributed by atoms with Gasteiger partial charge in [-0.1, -0.05) is 54.2 Å². The van der Waals surface area contributed by atoms with Gasteiger partial charge in [0.25, 0.3) is 5.91 Å². The summed E-state index contributed by atoms with van der Waals surface area (Å²) in [5, 5.41) is 9.97. The van der Waals surface area contributed by atoms with Gasteiger partial charge in [-0.15, -0.1) is 0 Å². The van der Waals surface area contributed by atoms with E-state index in [0.29, 0.717) is 10.3 Å². The number of nitrogens with one attached hydrogen (secondary N) is 1. The molecule has 2 aliphatic rings. The molecule has 1 N–H and O–H groups in total. The highest BCUT2D eigenvalue weighted by Gasteiger charge is 2.37. The number of aromatic nitrogens is 1. The molecule has 0 saturated carbocycles. The summed E-state index contributed by atoms with van der Waals surface area (Å²) in [6.45, 7) is 8.28. The Hall–Kier alpha value is -3.36. The molecule has 35 heavy (non-hydrogen) atoms. The number of aryl methyl sites for hydroxylation is 3. The van der Waals surface area contributed by atoms with E-state index in [-0.39, 0.29) is 11.4 Å². The Kier molecular flexibility index (Phi) is 6.25. The standard InChI is InChI=1S/C27H25N5OS2/c1-16-10-11-17(2)23(12-16)31-18(3)13-21(19(31)4)14-22-24(28)32-26(29-25(22)33)35-30-27(32)34-15-20-8-6-5-7-9-20/h5-14,28H,15H2,1-4H3. The number of aliphatic imine (C=N–C) groups is 1. The predicted octanol–water partition coefficient (Wildman–Crippen LogP) is 6.22. The normalized spacial score (nSPS) is 16.6. The molecule has 6 nitrogen and oxygen atoms in total. The summed E-state index contributed by atoms with van der Waals surface area (Å²) in [7, 11) is 0. The first kappa shape index (κ1) is 23.4. The molecule has 0 radical (unpaired) electrons. The Labute approximate surface area is 213 Å². The Morgan fingerprint density at radius 3 is 2.60 bits per heavy atom. The molecule has 0 fully saturated rings. The van der Waals surface area contributed by atoms with Gasteiger partial charge in [0, 0.05) is 22.8 Å². The molecular weight excluding hydrogens is 474 g/mol. The average molecular weight is 500 g/mol. The number of nitrogens with zero attached hydrogens (tertiary/aromatic N) is 4. The second-order valence-corrected chi connectivity index (χ2v) is 10.3. The van der Waals surface area contributed by atoms with Crippen molar-refractivity contribution >= 4 is 51.9 Å². The van der Waals surface area contributed by atoms with Gasteiger partial charge in [-0.05, 0) is 68.2 Å². The molecule has 0 saturated heterocycles. The topological polar surface area (TPSA) is 73.8 Å². The molecule has 0 spiro atoms. The maximum absolute atomic E-state index is 12.9. The third-order valence-corrected chi connectivity index (χ3v) is 7.91. The molecule has 2 aromatic carbocycles. The lowest BCUT2D eigenvalue weighted by Gasteiger charge is -2.24. The van der Waals surface area contributed by atoms with Crippen LogP contribution in [0.15, 0.2) is 69.6 Å². The molecule has 0 atom stereocenters. The minimum absolute atomic E-state index is 0.112. The highest BCUT2D eigenvalue weighted by atomic mass is 32.2.